The third-order valence-corrected chi connectivity index (χ3v) is 2.57. The fraction of sp³-hybridized carbons (Fsp3) is 0.167. The highest BCUT2D eigenvalue weighted by Crippen LogP contribution is 2.31. The molecular formula is C12H9ClFNO3. The van der Waals surface area contributed by atoms with Crippen LogP contribution in [0, 0.1) is 5.82 Å². The van der Waals surface area contributed by atoms with Gasteiger partial charge in [-0.1, -0.05) is 11.6 Å². The average molecular weight is 270 g/mol. The van der Waals surface area contributed by atoms with Gasteiger partial charge in [-0.25, -0.2) is 9.18 Å². The number of esters is 1. The molecule has 2 rings (SSSR count). The smallest absolute Gasteiger partial charge is 0.343 e. The summed E-state index contributed by atoms with van der Waals surface area (Å²) in [5.41, 5.74) is -0.170. The van der Waals surface area contributed by atoms with Crippen LogP contribution in [0.3, 0.4) is 0 Å². The van der Waals surface area contributed by atoms with Crippen molar-refractivity contribution in [1.82, 2.24) is 4.98 Å². The van der Waals surface area contributed by atoms with Gasteiger partial charge in [-0.15, -0.1) is 0 Å². The molecule has 1 aromatic carbocycles. The summed E-state index contributed by atoms with van der Waals surface area (Å²) in [5, 5.41) is 10.1. The maximum Gasteiger partial charge on any atom is 0.343 e. The van der Waals surface area contributed by atoms with Gasteiger partial charge in [0.15, 0.2) is 5.82 Å². The molecule has 1 heterocycles. The van der Waals surface area contributed by atoms with E-state index in [-0.39, 0.29) is 33.8 Å². The Morgan fingerprint density at radius 3 is 2.94 bits per heavy atom. The van der Waals surface area contributed by atoms with Crippen LogP contribution in [0.4, 0.5) is 4.39 Å². The SMILES string of the molecule is CCOC(=O)c1cnc2c(F)cc(Cl)cc2c1O. The average Bonchev–Trinajstić information content (AvgIpc) is 2.30. The standard InChI is InChI=1S/C12H9ClFNO3/c1-2-18-12(17)8-5-15-10-7(11(8)16)3-6(13)4-9(10)14/h3-5H,2H2,1H3,(H,15,16). The van der Waals surface area contributed by atoms with Gasteiger partial charge in [0.05, 0.1) is 6.61 Å². The molecule has 0 saturated heterocycles. The number of carbonyl (C=O) groups excluding carboxylic acids is 1. The van der Waals surface area contributed by atoms with Gasteiger partial charge < -0.3 is 9.84 Å². The van der Waals surface area contributed by atoms with E-state index in [0.717, 1.165) is 12.3 Å². The van der Waals surface area contributed by atoms with E-state index in [1.807, 2.05) is 0 Å². The van der Waals surface area contributed by atoms with Gasteiger partial charge in [-0.3, -0.25) is 4.98 Å². The highest BCUT2D eigenvalue weighted by molar-refractivity contribution is 6.31. The number of aromatic nitrogens is 1. The van der Waals surface area contributed by atoms with Crippen LogP contribution in [0.5, 0.6) is 5.75 Å². The number of halogens is 2. The van der Waals surface area contributed by atoms with Crippen molar-refractivity contribution >= 4 is 28.5 Å². The van der Waals surface area contributed by atoms with Gasteiger partial charge in [0.1, 0.15) is 16.8 Å². The largest absolute Gasteiger partial charge is 0.506 e. The summed E-state index contributed by atoms with van der Waals surface area (Å²) < 4.78 is 18.3. The lowest BCUT2D eigenvalue weighted by Gasteiger charge is -2.07. The minimum absolute atomic E-state index is 0.0510. The topological polar surface area (TPSA) is 59.4 Å². The quantitative estimate of drug-likeness (QED) is 0.852. The monoisotopic (exact) mass is 269 g/mol. The summed E-state index contributed by atoms with van der Waals surface area (Å²) in [6.45, 7) is 1.81. The Labute approximate surface area is 107 Å². The molecule has 0 radical (unpaired) electrons. The fourth-order valence-electron chi connectivity index (χ4n) is 1.57. The minimum Gasteiger partial charge on any atom is -0.506 e. The highest BCUT2D eigenvalue weighted by Gasteiger charge is 2.17. The second kappa shape index (κ2) is 4.78. The van der Waals surface area contributed by atoms with E-state index in [4.69, 9.17) is 16.3 Å². The lowest BCUT2D eigenvalue weighted by atomic mass is 10.1. The number of pyridine rings is 1. The van der Waals surface area contributed by atoms with Crippen molar-refractivity contribution in [2.75, 3.05) is 6.61 Å². The van der Waals surface area contributed by atoms with E-state index in [1.165, 1.54) is 6.07 Å². The molecule has 0 amide bonds. The molecule has 0 saturated carbocycles. The van der Waals surface area contributed by atoms with Crippen molar-refractivity contribution in [3.63, 3.8) is 0 Å². The summed E-state index contributed by atoms with van der Waals surface area (Å²) >= 11 is 5.69. The Morgan fingerprint density at radius 2 is 2.28 bits per heavy atom. The van der Waals surface area contributed by atoms with Crippen molar-refractivity contribution in [1.29, 1.82) is 0 Å². The molecule has 0 atom stereocenters. The first-order valence-corrected chi connectivity index (χ1v) is 5.56. The molecule has 18 heavy (non-hydrogen) atoms. The van der Waals surface area contributed by atoms with E-state index < -0.39 is 11.8 Å². The Morgan fingerprint density at radius 1 is 1.56 bits per heavy atom. The number of fused-ring (bicyclic) bond motifs is 1. The van der Waals surface area contributed by atoms with Crippen LogP contribution in [0.2, 0.25) is 5.02 Å². The first-order chi connectivity index (χ1) is 8.54. The van der Waals surface area contributed by atoms with Crippen LogP contribution in [0.15, 0.2) is 18.3 Å². The molecule has 0 aliphatic rings. The number of nitrogens with zero attached hydrogens (tertiary/aromatic N) is 1. The van der Waals surface area contributed by atoms with Crippen LogP contribution in [-0.2, 0) is 4.74 Å². The molecule has 1 N–H and O–H groups in total. The summed E-state index contributed by atoms with van der Waals surface area (Å²) in [6.07, 6.45) is 1.08. The van der Waals surface area contributed by atoms with Crippen LogP contribution in [-0.4, -0.2) is 22.7 Å². The van der Waals surface area contributed by atoms with Crippen molar-refractivity contribution in [2.45, 2.75) is 6.92 Å². The Hall–Kier alpha value is -1.88. The molecule has 1 aromatic heterocycles. The molecule has 4 nitrogen and oxygen atoms in total. The number of benzene rings is 1. The fourth-order valence-corrected chi connectivity index (χ4v) is 1.78. The lowest BCUT2D eigenvalue weighted by molar-refractivity contribution is 0.0523. The van der Waals surface area contributed by atoms with Crippen molar-refractivity contribution in [3.05, 3.63) is 34.7 Å². The first-order valence-electron chi connectivity index (χ1n) is 5.18. The molecule has 0 bridgehead atoms. The Bertz CT molecular complexity index is 630. The maximum atomic E-state index is 13.5. The molecule has 0 aliphatic carbocycles. The van der Waals surface area contributed by atoms with Gasteiger partial charge in [0.25, 0.3) is 0 Å². The van der Waals surface area contributed by atoms with Crippen LogP contribution in [0.25, 0.3) is 10.9 Å². The zero-order valence-electron chi connectivity index (χ0n) is 9.41. The van der Waals surface area contributed by atoms with E-state index in [0.29, 0.717) is 0 Å². The number of hydrogen-bond acceptors (Lipinski definition) is 4. The van der Waals surface area contributed by atoms with Crippen molar-refractivity contribution in [3.8, 4) is 5.75 Å². The predicted molar refractivity (Wildman–Crippen MR) is 64.3 cm³/mol. The van der Waals surface area contributed by atoms with Gasteiger partial charge >= 0.3 is 5.97 Å². The summed E-state index contributed by atoms with van der Waals surface area (Å²) in [4.78, 5) is 15.3. The first kappa shape index (κ1) is 12.6. The van der Waals surface area contributed by atoms with E-state index in [1.54, 1.807) is 6.92 Å². The molecule has 0 aliphatic heterocycles. The zero-order chi connectivity index (χ0) is 13.3. The second-order valence-electron chi connectivity index (χ2n) is 3.52. The molecule has 6 heteroatoms. The molecule has 0 spiro atoms. The number of rotatable bonds is 2. The van der Waals surface area contributed by atoms with E-state index >= 15 is 0 Å². The lowest BCUT2D eigenvalue weighted by Crippen LogP contribution is -2.06. The van der Waals surface area contributed by atoms with Gasteiger partial charge in [0.2, 0.25) is 0 Å². The third-order valence-electron chi connectivity index (χ3n) is 2.36. The minimum atomic E-state index is -0.718. The van der Waals surface area contributed by atoms with Crippen molar-refractivity contribution in [2.24, 2.45) is 0 Å². The number of carbonyl (C=O) groups is 1. The summed E-state index contributed by atoms with van der Waals surface area (Å²) in [5.74, 6) is -1.77. The molecule has 2 aromatic rings. The summed E-state index contributed by atoms with van der Waals surface area (Å²) in [7, 11) is 0. The predicted octanol–water partition coefficient (Wildman–Crippen LogP) is 2.91. The molecule has 94 valence electrons. The van der Waals surface area contributed by atoms with E-state index in [2.05, 4.69) is 4.98 Å². The zero-order valence-corrected chi connectivity index (χ0v) is 10.2. The summed E-state index contributed by atoms with van der Waals surface area (Å²) in [6, 6.07) is 2.42. The van der Waals surface area contributed by atoms with Gasteiger partial charge in [0, 0.05) is 16.6 Å². The maximum absolute atomic E-state index is 13.5. The number of ether oxygens (including phenoxy) is 1. The van der Waals surface area contributed by atoms with Crippen LogP contribution >= 0.6 is 11.6 Å². The number of hydrogen-bond donors (Lipinski definition) is 1. The normalized spacial score (nSPS) is 10.6. The molecule has 0 fully saturated rings. The molecular weight excluding hydrogens is 261 g/mol. The van der Waals surface area contributed by atoms with Crippen molar-refractivity contribution < 1.29 is 19.0 Å². The van der Waals surface area contributed by atoms with E-state index in [9.17, 15) is 14.3 Å². The number of aromatic hydroxyl groups is 1. The second-order valence-corrected chi connectivity index (χ2v) is 3.96. The highest BCUT2D eigenvalue weighted by atomic mass is 35.5. The Kier molecular flexibility index (Phi) is 3.34. The van der Waals surface area contributed by atoms with Crippen LogP contribution < -0.4 is 0 Å². The Balaban J connectivity index is 2.67. The third kappa shape index (κ3) is 2.09. The van der Waals surface area contributed by atoms with Gasteiger partial charge in [-0.05, 0) is 19.1 Å². The molecule has 0 unspecified atom stereocenters. The van der Waals surface area contributed by atoms with Crippen LogP contribution in [0.1, 0.15) is 17.3 Å². The van der Waals surface area contributed by atoms with Gasteiger partial charge in [-0.2, -0.15) is 0 Å².